The van der Waals surface area contributed by atoms with E-state index < -0.39 is 0 Å². The molecule has 1 unspecified atom stereocenters. The maximum atomic E-state index is 11.6. The van der Waals surface area contributed by atoms with Gasteiger partial charge in [-0.25, -0.2) is 0 Å². The molecule has 0 radical (unpaired) electrons. The molecule has 1 aromatic rings. The average Bonchev–Trinajstić information content (AvgIpc) is 2.27. The van der Waals surface area contributed by atoms with Gasteiger partial charge in [0.1, 0.15) is 5.75 Å². The summed E-state index contributed by atoms with van der Waals surface area (Å²) in [6.07, 6.45) is 0. The summed E-state index contributed by atoms with van der Waals surface area (Å²) in [6, 6.07) is 9.19. The molecule has 3 heteroatoms. The third-order valence-corrected chi connectivity index (χ3v) is 3.08. The van der Waals surface area contributed by atoms with E-state index in [0.717, 1.165) is 11.5 Å². The zero-order valence-corrected chi connectivity index (χ0v) is 9.92. The van der Waals surface area contributed by atoms with Crippen molar-refractivity contribution < 1.29 is 9.53 Å². The Hall–Kier alpha value is -0.960. The highest BCUT2D eigenvalue weighted by Crippen LogP contribution is 2.13. The summed E-state index contributed by atoms with van der Waals surface area (Å²) in [5.74, 6) is 2.28. The first-order chi connectivity index (χ1) is 7.24. The van der Waals surface area contributed by atoms with Gasteiger partial charge in [-0.2, -0.15) is 11.8 Å². The van der Waals surface area contributed by atoms with E-state index in [4.69, 9.17) is 4.74 Å². The molecule has 0 fully saturated rings. The Kier molecular flexibility index (Phi) is 5.26. The van der Waals surface area contributed by atoms with Crippen molar-refractivity contribution in [3.63, 3.8) is 0 Å². The second-order valence-corrected chi connectivity index (χ2v) is 4.61. The van der Waals surface area contributed by atoms with E-state index in [1.807, 2.05) is 25.1 Å². The number of carbonyl (C=O) groups is 1. The number of rotatable bonds is 5. The zero-order valence-electron chi connectivity index (χ0n) is 9.10. The Morgan fingerprint density at radius 2 is 2.07 bits per heavy atom. The molecule has 0 aromatic heterocycles. The van der Waals surface area contributed by atoms with Gasteiger partial charge < -0.3 is 4.74 Å². The monoisotopic (exact) mass is 224 g/mol. The highest BCUT2D eigenvalue weighted by molar-refractivity contribution is 7.99. The summed E-state index contributed by atoms with van der Waals surface area (Å²) in [4.78, 5) is 11.6. The fourth-order valence-electron chi connectivity index (χ4n) is 1.07. The van der Waals surface area contributed by atoms with Gasteiger partial charge in [0.15, 0.2) is 0 Å². The lowest BCUT2D eigenvalue weighted by Gasteiger charge is -2.09. The van der Waals surface area contributed by atoms with Crippen molar-refractivity contribution in [1.29, 1.82) is 0 Å². The number of hydrogen-bond acceptors (Lipinski definition) is 3. The fraction of sp³-hybridized carbons (Fsp3) is 0.417. The van der Waals surface area contributed by atoms with Crippen LogP contribution in [0, 0.1) is 5.92 Å². The van der Waals surface area contributed by atoms with Gasteiger partial charge in [0.2, 0.25) is 0 Å². The number of ether oxygens (including phenoxy) is 1. The molecule has 0 saturated heterocycles. The molecule has 0 saturated carbocycles. The van der Waals surface area contributed by atoms with Crippen LogP contribution < -0.4 is 4.74 Å². The zero-order chi connectivity index (χ0) is 11.1. The summed E-state index contributed by atoms with van der Waals surface area (Å²) in [5.41, 5.74) is 0. The smallest absolute Gasteiger partial charge is 0.314 e. The van der Waals surface area contributed by atoms with Crippen molar-refractivity contribution in [1.82, 2.24) is 0 Å². The maximum absolute atomic E-state index is 11.6. The molecule has 0 spiro atoms. The summed E-state index contributed by atoms with van der Waals surface area (Å²) < 4.78 is 5.22. The van der Waals surface area contributed by atoms with Gasteiger partial charge >= 0.3 is 5.97 Å². The second-order valence-electron chi connectivity index (χ2n) is 3.29. The van der Waals surface area contributed by atoms with Gasteiger partial charge in [-0.15, -0.1) is 0 Å². The molecule has 1 rings (SSSR count). The lowest BCUT2D eigenvalue weighted by Crippen LogP contribution is -2.19. The van der Waals surface area contributed by atoms with Gasteiger partial charge in [0, 0.05) is 5.75 Å². The fourth-order valence-corrected chi connectivity index (χ4v) is 1.79. The Labute approximate surface area is 95.0 Å². The lowest BCUT2D eigenvalue weighted by atomic mass is 10.2. The van der Waals surface area contributed by atoms with Crippen LogP contribution in [0.5, 0.6) is 5.75 Å². The quantitative estimate of drug-likeness (QED) is 0.568. The van der Waals surface area contributed by atoms with Crippen molar-refractivity contribution in [3.8, 4) is 5.75 Å². The van der Waals surface area contributed by atoms with Crippen LogP contribution in [0.3, 0.4) is 0 Å². The first-order valence-corrected chi connectivity index (χ1v) is 6.24. The van der Waals surface area contributed by atoms with Crippen LogP contribution in [0.15, 0.2) is 30.3 Å². The van der Waals surface area contributed by atoms with Crippen LogP contribution in [0.2, 0.25) is 0 Å². The minimum absolute atomic E-state index is 0.0462. The Morgan fingerprint density at radius 3 is 2.67 bits per heavy atom. The van der Waals surface area contributed by atoms with Crippen LogP contribution in [0.25, 0.3) is 0 Å². The van der Waals surface area contributed by atoms with Gasteiger partial charge in [-0.3, -0.25) is 4.79 Å². The third kappa shape index (κ3) is 4.38. The number of benzene rings is 1. The molecule has 0 heterocycles. The summed E-state index contributed by atoms with van der Waals surface area (Å²) >= 11 is 1.75. The van der Waals surface area contributed by atoms with Crippen LogP contribution >= 0.6 is 11.8 Å². The number of esters is 1. The van der Waals surface area contributed by atoms with Gasteiger partial charge in [0.05, 0.1) is 5.92 Å². The molecule has 1 aromatic carbocycles. The van der Waals surface area contributed by atoms with E-state index in [1.54, 1.807) is 23.9 Å². The summed E-state index contributed by atoms with van der Waals surface area (Å²) in [6.45, 7) is 3.98. The maximum Gasteiger partial charge on any atom is 0.314 e. The first-order valence-electron chi connectivity index (χ1n) is 5.08. The molecule has 0 aliphatic heterocycles. The summed E-state index contributed by atoms with van der Waals surface area (Å²) in [5, 5.41) is 0. The highest BCUT2D eigenvalue weighted by atomic mass is 32.2. The molecule has 0 N–H and O–H groups in total. The number of carbonyl (C=O) groups excluding carboxylic acids is 1. The average molecular weight is 224 g/mol. The molecule has 0 amide bonds. The standard InChI is InChI=1S/C12H16O2S/c1-3-15-9-10(2)12(13)14-11-7-5-4-6-8-11/h4-8,10H,3,9H2,1-2H3. The lowest BCUT2D eigenvalue weighted by molar-refractivity contribution is -0.137. The van der Waals surface area contributed by atoms with Crippen molar-refractivity contribution in [2.45, 2.75) is 13.8 Å². The normalized spacial score (nSPS) is 12.1. The molecular formula is C12H16O2S. The van der Waals surface area contributed by atoms with Crippen LogP contribution in [0.1, 0.15) is 13.8 Å². The summed E-state index contributed by atoms with van der Waals surface area (Å²) in [7, 11) is 0. The molecule has 0 bridgehead atoms. The highest BCUT2D eigenvalue weighted by Gasteiger charge is 2.14. The molecule has 15 heavy (non-hydrogen) atoms. The van der Waals surface area contributed by atoms with E-state index in [-0.39, 0.29) is 11.9 Å². The minimum atomic E-state index is -0.151. The minimum Gasteiger partial charge on any atom is -0.426 e. The van der Waals surface area contributed by atoms with Crippen molar-refractivity contribution >= 4 is 17.7 Å². The molecule has 0 aliphatic carbocycles. The van der Waals surface area contributed by atoms with Crippen LogP contribution in [-0.4, -0.2) is 17.5 Å². The Balaban J connectivity index is 2.42. The van der Waals surface area contributed by atoms with Gasteiger partial charge in [-0.1, -0.05) is 32.0 Å². The second kappa shape index (κ2) is 6.51. The predicted octanol–water partition coefficient (Wildman–Crippen LogP) is 2.98. The Morgan fingerprint density at radius 1 is 1.40 bits per heavy atom. The molecule has 1 atom stereocenters. The number of thioether (sulfide) groups is 1. The predicted molar refractivity (Wildman–Crippen MR) is 64.2 cm³/mol. The SMILES string of the molecule is CCSCC(C)C(=O)Oc1ccccc1. The van der Waals surface area contributed by atoms with Crippen LogP contribution in [-0.2, 0) is 4.79 Å². The third-order valence-electron chi connectivity index (χ3n) is 1.94. The number of para-hydroxylation sites is 1. The van der Waals surface area contributed by atoms with E-state index in [2.05, 4.69) is 6.92 Å². The van der Waals surface area contributed by atoms with Gasteiger partial charge in [0.25, 0.3) is 0 Å². The van der Waals surface area contributed by atoms with E-state index in [0.29, 0.717) is 5.75 Å². The number of hydrogen-bond donors (Lipinski definition) is 0. The van der Waals surface area contributed by atoms with Crippen molar-refractivity contribution in [2.75, 3.05) is 11.5 Å². The van der Waals surface area contributed by atoms with E-state index in [9.17, 15) is 4.79 Å². The van der Waals surface area contributed by atoms with Crippen molar-refractivity contribution in [3.05, 3.63) is 30.3 Å². The van der Waals surface area contributed by atoms with Crippen LogP contribution in [0.4, 0.5) is 0 Å². The molecule has 2 nitrogen and oxygen atoms in total. The Bertz CT molecular complexity index is 298. The molecular weight excluding hydrogens is 208 g/mol. The molecule has 82 valence electrons. The van der Waals surface area contributed by atoms with E-state index >= 15 is 0 Å². The van der Waals surface area contributed by atoms with Gasteiger partial charge in [-0.05, 0) is 17.9 Å². The van der Waals surface area contributed by atoms with E-state index in [1.165, 1.54) is 0 Å². The van der Waals surface area contributed by atoms with Crippen molar-refractivity contribution in [2.24, 2.45) is 5.92 Å². The first kappa shape index (κ1) is 12.1. The topological polar surface area (TPSA) is 26.3 Å². The largest absolute Gasteiger partial charge is 0.426 e. The molecule has 0 aliphatic rings.